The van der Waals surface area contributed by atoms with Crippen LogP contribution in [0.3, 0.4) is 0 Å². The SMILES string of the molecule is CCCCC1C=NC(=O)c2ccccc2O1. The van der Waals surface area contributed by atoms with Gasteiger partial charge in [0.15, 0.2) is 0 Å². The van der Waals surface area contributed by atoms with Gasteiger partial charge in [-0.05, 0) is 25.0 Å². The van der Waals surface area contributed by atoms with Gasteiger partial charge in [0.25, 0.3) is 5.91 Å². The molecule has 1 atom stereocenters. The second-order valence-corrected chi connectivity index (χ2v) is 3.88. The zero-order valence-corrected chi connectivity index (χ0v) is 9.35. The van der Waals surface area contributed by atoms with Gasteiger partial charge >= 0.3 is 0 Å². The van der Waals surface area contributed by atoms with Crippen LogP contribution >= 0.6 is 0 Å². The van der Waals surface area contributed by atoms with Crippen molar-refractivity contribution in [3.63, 3.8) is 0 Å². The van der Waals surface area contributed by atoms with Crippen molar-refractivity contribution in [2.75, 3.05) is 0 Å². The Labute approximate surface area is 95.2 Å². The maximum atomic E-state index is 11.6. The van der Waals surface area contributed by atoms with Gasteiger partial charge in [0.2, 0.25) is 0 Å². The van der Waals surface area contributed by atoms with Crippen LogP contribution in [-0.4, -0.2) is 18.2 Å². The van der Waals surface area contributed by atoms with Gasteiger partial charge in [-0.15, -0.1) is 0 Å². The summed E-state index contributed by atoms with van der Waals surface area (Å²) in [6.45, 7) is 2.13. The monoisotopic (exact) mass is 217 g/mol. The van der Waals surface area contributed by atoms with Crippen molar-refractivity contribution in [2.45, 2.75) is 32.3 Å². The van der Waals surface area contributed by atoms with E-state index in [0.717, 1.165) is 19.3 Å². The summed E-state index contributed by atoms with van der Waals surface area (Å²) >= 11 is 0. The molecule has 3 nitrogen and oxygen atoms in total. The normalized spacial score (nSPS) is 18.8. The highest BCUT2D eigenvalue weighted by atomic mass is 16.5. The van der Waals surface area contributed by atoms with Crippen molar-refractivity contribution in [3.05, 3.63) is 29.8 Å². The number of rotatable bonds is 3. The van der Waals surface area contributed by atoms with E-state index in [9.17, 15) is 4.79 Å². The molecule has 1 heterocycles. The molecular weight excluding hydrogens is 202 g/mol. The number of benzene rings is 1. The molecule has 1 aromatic carbocycles. The minimum atomic E-state index is -0.213. The fourth-order valence-corrected chi connectivity index (χ4v) is 1.70. The number of unbranched alkanes of at least 4 members (excludes halogenated alkanes) is 1. The highest BCUT2D eigenvalue weighted by Gasteiger charge is 2.18. The molecule has 2 rings (SSSR count). The van der Waals surface area contributed by atoms with Crippen LogP contribution < -0.4 is 4.74 Å². The average Bonchev–Trinajstić information content (AvgIpc) is 2.47. The summed E-state index contributed by atoms with van der Waals surface area (Å²) in [6, 6.07) is 7.26. The molecule has 0 spiro atoms. The first-order valence-electron chi connectivity index (χ1n) is 5.65. The van der Waals surface area contributed by atoms with Crippen molar-refractivity contribution in [2.24, 2.45) is 4.99 Å². The van der Waals surface area contributed by atoms with Crippen molar-refractivity contribution in [1.29, 1.82) is 0 Å². The second-order valence-electron chi connectivity index (χ2n) is 3.88. The van der Waals surface area contributed by atoms with Crippen molar-refractivity contribution in [1.82, 2.24) is 0 Å². The largest absolute Gasteiger partial charge is 0.484 e. The Morgan fingerprint density at radius 2 is 2.19 bits per heavy atom. The number of carbonyl (C=O) groups is 1. The van der Waals surface area contributed by atoms with Crippen LogP contribution in [0.2, 0.25) is 0 Å². The molecule has 0 bridgehead atoms. The zero-order valence-electron chi connectivity index (χ0n) is 9.35. The van der Waals surface area contributed by atoms with E-state index in [4.69, 9.17) is 4.74 Å². The van der Waals surface area contributed by atoms with E-state index < -0.39 is 0 Å². The molecule has 0 radical (unpaired) electrons. The third kappa shape index (κ3) is 2.30. The molecule has 1 aliphatic heterocycles. The summed E-state index contributed by atoms with van der Waals surface area (Å²) in [5.74, 6) is 0.431. The molecule has 0 fully saturated rings. The lowest BCUT2D eigenvalue weighted by atomic mass is 10.2. The molecule has 3 heteroatoms. The molecule has 0 aliphatic carbocycles. The van der Waals surface area contributed by atoms with Gasteiger partial charge in [0, 0.05) is 6.21 Å². The van der Waals surface area contributed by atoms with Gasteiger partial charge in [0.05, 0.1) is 5.56 Å². The molecule has 1 aliphatic rings. The predicted molar refractivity (Wildman–Crippen MR) is 63.2 cm³/mol. The molecule has 1 amide bonds. The van der Waals surface area contributed by atoms with E-state index in [1.807, 2.05) is 18.2 Å². The van der Waals surface area contributed by atoms with E-state index in [0.29, 0.717) is 11.3 Å². The van der Waals surface area contributed by atoms with Crippen LogP contribution in [0, 0.1) is 0 Å². The predicted octanol–water partition coefficient (Wildman–Crippen LogP) is 2.85. The lowest BCUT2D eigenvalue weighted by Gasteiger charge is -2.13. The molecular formula is C13H15NO2. The molecule has 1 unspecified atom stereocenters. The first-order chi connectivity index (χ1) is 7.81. The standard InChI is InChI=1S/C13H15NO2/c1-2-3-6-10-9-14-13(15)11-7-4-5-8-12(11)16-10/h4-5,7-10H,2-3,6H2,1H3. The Balaban J connectivity index is 2.21. The van der Waals surface area contributed by atoms with Crippen molar-refractivity contribution < 1.29 is 9.53 Å². The van der Waals surface area contributed by atoms with Gasteiger partial charge < -0.3 is 4.74 Å². The average molecular weight is 217 g/mol. The molecule has 0 saturated heterocycles. The van der Waals surface area contributed by atoms with Crippen molar-refractivity contribution >= 4 is 12.1 Å². The summed E-state index contributed by atoms with van der Waals surface area (Å²) in [6.07, 6.45) is 4.64. The molecule has 0 saturated carbocycles. The second kappa shape index (κ2) is 4.92. The van der Waals surface area contributed by atoms with Gasteiger partial charge in [-0.1, -0.05) is 25.5 Å². The molecule has 0 aromatic heterocycles. The fourth-order valence-electron chi connectivity index (χ4n) is 1.70. The number of ether oxygens (including phenoxy) is 1. The van der Waals surface area contributed by atoms with Gasteiger partial charge in [-0.25, -0.2) is 4.99 Å². The third-order valence-electron chi connectivity index (χ3n) is 2.60. The van der Waals surface area contributed by atoms with Gasteiger partial charge in [-0.2, -0.15) is 0 Å². The van der Waals surface area contributed by atoms with Gasteiger partial charge in [0.1, 0.15) is 11.9 Å². The van der Waals surface area contributed by atoms with E-state index >= 15 is 0 Å². The topological polar surface area (TPSA) is 38.7 Å². The zero-order chi connectivity index (χ0) is 11.4. The number of aliphatic imine (C=N–C) groups is 1. The van der Waals surface area contributed by atoms with E-state index in [1.165, 1.54) is 0 Å². The lowest BCUT2D eigenvalue weighted by molar-refractivity contribution is 0.100. The number of carbonyl (C=O) groups excluding carboxylic acids is 1. The maximum Gasteiger partial charge on any atom is 0.280 e. The Hall–Kier alpha value is -1.64. The quantitative estimate of drug-likeness (QED) is 0.780. The Bertz CT molecular complexity index is 412. The molecule has 0 N–H and O–H groups in total. The van der Waals surface area contributed by atoms with Gasteiger partial charge in [-0.3, -0.25) is 4.79 Å². The number of amides is 1. The lowest BCUT2D eigenvalue weighted by Crippen LogP contribution is -2.17. The molecule has 84 valence electrons. The van der Waals surface area contributed by atoms with E-state index in [2.05, 4.69) is 11.9 Å². The first kappa shape index (κ1) is 10.9. The molecule has 16 heavy (non-hydrogen) atoms. The summed E-state index contributed by atoms with van der Waals surface area (Å²) in [4.78, 5) is 15.6. The maximum absolute atomic E-state index is 11.6. The van der Waals surface area contributed by atoms with Crippen LogP contribution in [-0.2, 0) is 0 Å². The number of fused-ring (bicyclic) bond motifs is 1. The summed E-state index contributed by atoms with van der Waals surface area (Å²) < 4.78 is 5.76. The number of hydrogen-bond acceptors (Lipinski definition) is 2. The summed E-state index contributed by atoms with van der Waals surface area (Å²) in [5.41, 5.74) is 0.553. The summed E-state index contributed by atoms with van der Waals surface area (Å²) in [7, 11) is 0. The van der Waals surface area contributed by atoms with Crippen LogP contribution in [0.25, 0.3) is 0 Å². The van der Waals surface area contributed by atoms with Crippen LogP contribution in [0.5, 0.6) is 5.75 Å². The molecule has 1 aromatic rings. The van der Waals surface area contributed by atoms with E-state index in [-0.39, 0.29) is 12.0 Å². The third-order valence-corrected chi connectivity index (χ3v) is 2.60. The highest BCUT2D eigenvalue weighted by Crippen LogP contribution is 2.23. The highest BCUT2D eigenvalue weighted by molar-refractivity contribution is 6.02. The number of para-hydroxylation sites is 1. The fraction of sp³-hybridized carbons (Fsp3) is 0.385. The summed E-state index contributed by atoms with van der Waals surface area (Å²) in [5, 5.41) is 0. The van der Waals surface area contributed by atoms with E-state index in [1.54, 1.807) is 12.3 Å². The first-order valence-corrected chi connectivity index (χ1v) is 5.65. The smallest absolute Gasteiger partial charge is 0.280 e. The van der Waals surface area contributed by atoms with Crippen LogP contribution in [0.4, 0.5) is 0 Å². The Morgan fingerprint density at radius 1 is 1.38 bits per heavy atom. The van der Waals surface area contributed by atoms with Crippen molar-refractivity contribution in [3.8, 4) is 5.75 Å². The minimum absolute atomic E-state index is 0.0763. The number of hydrogen-bond donors (Lipinski definition) is 0. The Kier molecular flexibility index (Phi) is 3.34. The van der Waals surface area contributed by atoms with Crippen LogP contribution in [0.15, 0.2) is 29.3 Å². The number of nitrogens with zero attached hydrogens (tertiary/aromatic N) is 1. The Morgan fingerprint density at radius 3 is 3.00 bits per heavy atom. The minimum Gasteiger partial charge on any atom is -0.484 e. The van der Waals surface area contributed by atoms with Crippen LogP contribution in [0.1, 0.15) is 36.5 Å².